The smallest absolute Gasteiger partial charge is 0.250 e. The number of hydroxylamine groups is 1. The van der Waals surface area contributed by atoms with Crippen molar-refractivity contribution in [2.45, 2.75) is 57.0 Å². The van der Waals surface area contributed by atoms with Gasteiger partial charge in [0.05, 0.1) is 36.8 Å². The first-order valence-corrected chi connectivity index (χ1v) is 16.3. The number of piperidine rings is 2. The van der Waals surface area contributed by atoms with Gasteiger partial charge < -0.3 is 20.3 Å². The molecule has 0 bridgehead atoms. The van der Waals surface area contributed by atoms with E-state index < -0.39 is 5.92 Å². The van der Waals surface area contributed by atoms with Gasteiger partial charge in [-0.15, -0.1) is 0 Å². The van der Waals surface area contributed by atoms with Gasteiger partial charge in [-0.25, -0.2) is 23.8 Å². The normalized spacial score (nSPS) is 20.2. The van der Waals surface area contributed by atoms with Crippen molar-refractivity contribution in [1.29, 1.82) is 0 Å². The minimum atomic E-state index is -2.56. The van der Waals surface area contributed by atoms with E-state index >= 15 is 0 Å². The molecule has 47 heavy (non-hydrogen) atoms. The molecule has 10 nitrogen and oxygen atoms in total. The molecular formula is C34H40ClF2N7O3. The highest BCUT2D eigenvalue weighted by molar-refractivity contribution is 6.31. The number of methoxy groups -OCH3 is 1. The minimum Gasteiger partial charge on any atom is -0.494 e. The molecule has 13 heteroatoms. The second-order valence-corrected chi connectivity index (χ2v) is 12.6. The summed E-state index contributed by atoms with van der Waals surface area (Å²) < 4.78 is 33.3. The Hall–Kier alpha value is -4.00. The summed E-state index contributed by atoms with van der Waals surface area (Å²) in [5, 5.41) is 8.78. The predicted molar refractivity (Wildman–Crippen MR) is 180 cm³/mol. The second-order valence-electron chi connectivity index (χ2n) is 12.2. The van der Waals surface area contributed by atoms with Gasteiger partial charge in [-0.1, -0.05) is 30.3 Å². The van der Waals surface area contributed by atoms with Gasteiger partial charge >= 0.3 is 0 Å². The maximum Gasteiger partial charge on any atom is 0.250 e. The Morgan fingerprint density at radius 2 is 1.87 bits per heavy atom. The van der Waals surface area contributed by atoms with Gasteiger partial charge in [-0.2, -0.15) is 0 Å². The minimum absolute atomic E-state index is 0.0639. The molecular weight excluding hydrogens is 628 g/mol. The Bertz CT molecular complexity index is 1610. The molecule has 1 atom stereocenters. The molecule has 250 valence electrons. The summed E-state index contributed by atoms with van der Waals surface area (Å²) >= 11 is 6.43. The molecule has 3 saturated heterocycles. The van der Waals surface area contributed by atoms with Crippen LogP contribution in [0, 0.1) is 6.92 Å². The van der Waals surface area contributed by atoms with Gasteiger partial charge in [-0.05, 0) is 49.1 Å². The Labute approximate surface area is 278 Å². The van der Waals surface area contributed by atoms with Crippen molar-refractivity contribution in [3.63, 3.8) is 0 Å². The number of amides is 1. The number of carbonyl (C=O) groups excluding carboxylic acids is 1. The summed E-state index contributed by atoms with van der Waals surface area (Å²) in [6, 6.07) is 11.6. The van der Waals surface area contributed by atoms with Crippen LogP contribution in [-0.4, -0.2) is 72.6 Å². The van der Waals surface area contributed by atoms with E-state index in [4.69, 9.17) is 21.2 Å². The molecule has 4 heterocycles. The highest BCUT2D eigenvalue weighted by atomic mass is 35.5. The van der Waals surface area contributed by atoms with E-state index in [1.165, 1.54) is 12.4 Å². The molecule has 3 aliphatic heterocycles. The number of aromatic nitrogens is 2. The number of hydrogen-bond acceptors (Lipinski definition) is 9. The van der Waals surface area contributed by atoms with Crippen LogP contribution in [0.3, 0.4) is 0 Å². The molecule has 3 aliphatic rings. The van der Waals surface area contributed by atoms with E-state index in [1.807, 2.05) is 31.2 Å². The highest BCUT2D eigenvalue weighted by Gasteiger charge is 2.37. The van der Waals surface area contributed by atoms with Crippen LogP contribution in [0.25, 0.3) is 0 Å². The van der Waals surface area contributed by atoms with E-state index in [0.717, 1.165) is 36.1 Å². The maximum absolute atomic E-state index is 13.7. The van der Waals surface area contributed by atoms with Crippen LogP contribution in [-0.2, 0) is 9.63 Å². The number of likely N-dealkylation sites (tertiary alicyclic amines) is 1. The Kier molecular flexibility index (Phi) is 9.81. The molecule has 1 aromatic heterocycles. The van der Waals surface area contributed by atoms with Crippen LogP contribution in [0.1, 0.15) is 49.3 Å². The van der Waals surface area contributed by atoms with Crippen LogP contribution in [0.15, 0.2) is 55.4 Å². The number of benzene rings is 2. The van der Waals surface area contributed by atoms with Crippen LogP contribution in [0.5, 0.6) is 5.75 Å². The van der Waals surface area contributed by atoms with Crippen molar-refractivity contribution in [3.05, 3.63) is 71.5 Å². The van der Waals surface area contributed by atoms with Crippen LogP contribution >= 0.6 is 11.6 Å². The lowest BCUT2D eigenvalue weighted by Gasteiger charge is -2.42. The van der Waals surface area contributed by atoms with Gasteiger partial charge in [0.25, 0.3) is 5.92 Å². The summed E-state index contributed by atoms with van der Waals surface area (Å²) in [5.74, 6) is -1.26. The quantitative estimate of drug-likeness (QED) is 0.236. The number of ether oxygens (including phenoxy) is 1. The molecule has 6 rings (SSSR count). The predicted octanol–water partition coefficient (Wildman–Crippen LogP) is 6.90. The molecule has 2 aromatic carbocycles. The standard InChI is InChI=1S/C34H40ClF2N7O3/c1-4-33(45)41-26-18-27(30(46-3)19-29(26)43-13-8-23(9-14-43)42-15-11-34(36,37)12-16-42)40-31-20-32(39-21-38-31)44-28(10-17-47-44)24-6-5-7-25(35)22(24)2/h4-7,18-21,23,28H,1,8-17H2,2-3H3,(H,41,45)(H,38,39,40)/t28-/m1/s1. The average Bonchev–Trinajstić information content (AvgIpc) is 3.56. The number of anilines is 5. The van der Waals surface area contributed by atoms with E-state index in [2.05, 4.69) is 43.0 Å². The van der Waals surface area contributed by atoms with Crippen LogP contribution < -0.4 is 25.3 Å². The molecule has 2 N–H and O–H groups in total. The Morgan fingerprint density at radius 3 is 2.60 bits per heavy atom. The van der Waals surface area contributed by atoms with Crippen molar-refractivity contribution in [1.82, 2.24) is 14.9 Å². The largest absolute Gasteiger partial charge is 0.494 e. The molecule has 0 saturated carbocycles. The number of nitrogens with one attached hydrogen (secondary N) is 2. The second kappa shape index (κ2) is 14.0. The van der Waals surface area contributed by atoms with Crippen LogP contribution in [0.2, 0.25) is 5.02 Å². The molecule has 0 spiro atoms. The fourth-order valence-electron chi connectivity index (χ4n) is 6.71. The van der Waals surface area contributed by atoms with Crippen molar-refractivity contribution in [2.75, 3.05) is 60.5 Å². The number of rotatable bonds is 9. The zero-order chi connectivity index (χ0) is 33.1. The zero-order valence-corrected chi connectivity index (χ0v) is 27.4. The Balaban J connectivity index is 1.22. The SMILES string of the molecule is C=CC(=O)Nc1cc(Nc2cc(N3OCC[C@@H]3c3cccc(Cl)c3C)ncn2)c(OC)cc1N1CCC(N2CCC(F)(F)CC2)CC1. The number of halogens is 3. The van der Waals surface area contributed by atoms with Gasteiger partial charge in [0, 0.05) is 68.6 Å². The molecule has 0 aliphatic carbocycles. The highest BCUT2D eigenvalue weighted by Crippen LogP contribution is 2.41. The third-order valence-corrected chi connectivity index (χ3v) is 9.74. The van der Waals surface area contributed by atoms with E-state index in [-0.39, 0.29) is 30.8 Å². The number of hydrogen-bond donors (Lipinski definition) is 2. The molecule has 3 aromatic rings. The van der Waals surface area contributed by atoms with Gasteiger partial charge in [0.15, 0.2) is 5.82 Å². The summed E-state index contributed by atoms with van der Waals surface area (Å²) in [6.07, 6.45) is 4.97. The topological polar surface area (TPSA) is 95.1 Å². The van der Waals surface area contributed by atoms with Crippen LogP contribution in [0.4, 0.5) is 37.5 Å². The van der Waals surface area contributed by atoms with Gasteiger partial charge in [-0.3, -0.25) is 14.5 Å². The first-order valence-electron chi connectivity index (χ1n) is 15.9. The number of nitrogens with zero attached hydrogens (tertiary/aromatic N) is 5. The average molecular weight is 668 g/mol. The number of carbonyl (C=O) groups is 1. The molecule has 3 fully saturated rings. The number of alkyl halides is 2. The molecule has 0 radical (unpaired) electrons. The molecule has 1 amide bonds. The lowest BCUT2D eigenvalue weighted by atomic mass is 9.98. The lowest BCUT2D eigenvalue weighted by Crippen LogP contribution is -2.49. The summed E-state index contributed by atoms with van der Waals surface area (Å²) in [7, 11) is 1.59. The fraction of sp³-hybridized carbons (Fsp3) is 0.441. The first kappa shape index (κ1) is 32.9. The maximum atomic E-state index is 13.7. The van der Waals surface area contributed by atoms with Gasteiger partial charge in [0.2, 0.25) is 5.91 Å². The summed E-state index contributed by atoms with van der Waals surface area (Å²) in [5.41, 5.74) is 4.06. The van der Waals surface area contributed by atoms with E-state index in [1.54, 1.807) is 18.2 Å². The first-order chi connectivity index (χ1) is 22.7. The lowest BCUT2D eigenvalue weighted by molar-refractivity contribution is -0.111. The monoisotopic (exact) mass is 667 g/mol. The van der Waals surface area contributed by atoms with E-state index in [0.29, 0.717) is 66.6 Å². The fourth-order valence-corrected chi connectivity index (χ4v) is 6.89. The van der Waals surface area contributed by atoms with Crippen molar-refractivity contribution in [2.24, 2.45) is 0 Å². The van der Waals surface area contributed by atoms with Crippen molar-refractivity contribution < 1.29 is 23.1 Å². The molecule has 0 unspecified atom stereocenters. The zero-order valence-electron chi connectivity index (χ0n) is 26.6. The van der Waals surface area contributed by atoms with Crippen molar-refractivity contribution in [3.8, 4) is 5.75 Å². The Morgan fingerprint density at radius 1 is 1.11 bits per heavy atom. The van der Waals surface area contributed by atoms with E-state index in [9.17, 15) is 13.6 Å². The third-order valence-electron chi connectivity index (χ3n) is 9.33. The third kappa shape index (κ3) is 7.29. The summed E-state index contributed by atoms with van der Waals surface area (Å²) in [4.78, 5) is 31.9. The van der Waals surface area contributed by atoms with Crippen molar-refractivity contribution >= 4 is 46.2 Å². The van der Waals surface area contributed by atoms with Gasteiger partial charge in [0.1, 0.15) is 17.9 Å². The summed E-state index contributed by atoms with van der Waals surface area (Å²) in [6.45, 7) is 8.41.